The zero-order valence-corrected chi connectivity index (χ0v) is 8.92. The summed E-state index contributed by atoms with van der Waals surface area (Å²) in [5.74, 6) is 0. The third-order valence-corrected chi connectivity index (χ3v) is 3.20. The third kappa shape index (κ3) is 2.65. The average Bonchev–Trinajstić information content (AvgIpc) is 2.63. The molecular formula is C9H15N3OS. The molecule has 0 aliphatic heterocycles. The van der Waals surface area contributed by atoms with Gasteiger partial charge >= 0.3 is 0 Å². The predicted octanol–water partition coefficient (Wildman–Crippen LogP) is 1.97. The van der Waals surface area contributed by atoms with Gasteiger partial charge in [0.2, 0.25) is 5.13 Å². The van der Waals surface area contributed by atoms with Crippen LogP contribution >= 0.6 is 11.3 Å². The molecule has 4 nitrogen and oxygen atoms in total. The Balaban J connectivity index is 1.76. The Bertz CT molecular complexity index is 283. The fourth-order valence-electron chi connectivity index (χ4n) is 1.75. The first-order chi connectivity index (χ1) is 6.84. The Morgan fingerprint density at radius 2 is 2.07 bits per heavy atom. The molecule has 78 valence electrons. The number of nitrogens with zero attached hydrogens (tertiary/aromatic N) is 2. The zero-order valence-electron chi connectivity index (χ0n) is 8.11. The highest BCUT2D eigenvalue weighted by atomic mass is 32.1. The van der Waals surface area contributed by atoms with Crippen LogP contribution in [0.3, 0.4) is 0 Å². The molecule has 1 aliphatic carbocycles. The van der Waals surface area contributed by atoms with Crippen LogP contribution in [0.5, 0.6) is 0 Å². The van der Waals surface area contributed by atoms with E-state index in [2.05, 4.69) is 10.2 Å². The third-order valence-electron chi connectivity index (χ3n) is 2.48. The number of hydrogen-bond donors (Lipinski definition) is 1. The molecule has 0 aromatic carbocycles. The van der Waals surface area contributed by atoms with Crippen LogP contribution in [0.4, 0.5) is 5.13 Å². The van der Waals surface area contributed by atoms with Gasteiger partial charge in [0.1, 0.15) is 11.6 Å². The second-order valence-electron chi connectivity index (χ2n) is 3.61. The normalized spacial score (nSPS) is 18.6. The van der Waals surface area contributed by atoms with Gasteiger partial charge in [-0.15, -0.1) is 10.2 Å². The number of nitrogens with two attached hydrogens (primary N) is 1. The second-order valence-corrected chi connectivity index (χ2v) is 4.70. The van der Waals surface area contributed by atoms with E-state index in [0.717, 1.165) is 5.01 Å². The zero-order chi connectivity index (χ0) is 9.80. The molecule has 1 fully saturated rings. The summed E-state index contributed by atoms with van der Waals surface area (Å²) in [5.41, 5.74) is 5.48. The van der Waals surface area contributed by atoms with Gasteiger partial charge in [0, 0.05) is 0 Å². The lowest BCUT2D eigenvalue weighted by molar-refractivity contribution is 0.0165. The Kier molecular flexibility index (Phi) is 3.31. The first-order valence-corrected chi connectivity index (χ1v) is 5.86. The van der Waals surface area contributed by atoms with Crippen LogP contribution in [0.15, 0.2) is 0 Å². The van der Waals surface area contributed by atoms with Crippen LogP contribution in [0, 0.1) is 0 Å². The molecule has 0 unspecified atom stereocenters. The summed E-state index contributed by atoms with van der Waals surface area (Å²) in [4.78, 5) is 0. The van der Waals surface area contributed by atoms with Crippen LogP contribution in [0.1, 0.15) is 37.1 Å². The van der Waals surface area contributed by atoms with Gasteiger partial charge in [-0.3, -0.25) is 0 Å². The summed E-state index contributed by atoms with van der Waals surface area (Å²) >= 11 is 1.41. The molecule has 1 aromatic heterocycles. The fraction of sp³-hybridized carbons (Fsp3) is 0.778. The number of hydrogen-bond acceptors (Lipinski definition) is 5. The van der Waals surface area contributed by atoms with Crippen LogP contribution in [0.2, 0.25) is 0 Å². The highest BCUT2D eigenvalue weighted by molar-refractivity contribution is 7.15. The van der Waals surface area contributed by atoms with Crippen LogP contribution in [-0.4, -0.2) is 16.3 Å². The Hall–Kier alpha value is -0.680. The summed E-state index contributed by atoms with van der Waals surface area (Å²) in [6.45, 7) is 0.569. The molecule has 0 spiro atoms. The van der Waals surface area contributed by atoms with E-state index in [4.69, 9.17) is 10.5 Å². The van der Waals surface area contributed by atoms with E-state index < -0.39 is 0 Å². The van der Waals surface area contributed by atoms with Gasteiger partial charge in [-0.05, 0) is 12.8 Å². The van der Waals surface area contributed by atoms with Crippen molar-refractivity contribution in [3.05, 3.63) is 5.01 Å². The minimum atomic E-state index is 0.425. The molecule has 0 atom stereocenters. The van der Waals surface area contributed by atoms with Crippen molar-refractivity contribution in [1.29, 1.82) is 0 Å². The Morgan fingerprint density at radius 1 is 1.29 bits per heavy atom. The van der Waals surface area contributed by atoms with Crippen molar-refractivity contribution in [1.82, 2.24) is 10.2 Å². The van der Waals surface area contributed by atoms with Gasteiger partial charge in [0.15, 0.2) is 0 Å². The first kappa shape index (κ1) is 9.86. The molecule has 1 aliphatic rings. The maximum atomic E-state index is 5.73. The van der Waals surface area contributed by atoms with Crippen LogP contribution < -0.4 is 5.73 Å². The minimum Gasteiger partial charge on any atom is -0.374 e. The lowest BCUT2D eigenvalue weighted by Gasteiger charge is -2.21. The van der Waals surface area contributed by atoms with Crippen molar-refractivity contribution in [2.24, 2.45) is 0 Å². The molecule has 14 heavy (non-hydrogen) atoms. The summed E-state index contributed by atoms with van der Waals surface area (Å²) in [6.07, 6.45) is 6.74. The molecule has 2 rings (SSSR count). The first-order valence-electron chi connectivity index (χ1n) is 5.04. The quantitative estimate of drug-likeness (QED) is 0.834. The minimum absolute atomic E-state index is 0.425. The van der Waals surface area contributed by atoms with Crippen molar-refractivity contribution in [3.63, 3.8) is 0 Å². The van der Waals surface area contributed by atoms with Crippen molar-refractivity contribution >= 4 is 16.5 Å². The van der Waals surface area contributed by atoms with Gasteiger partial charge in [-0.25, -0.2) is 0 Å². The summed E-state index contributed by atoms with van der Waals surface area (Å²) < 4.78 is 5.73. The SMILES string of the molecule is Nc1nnc(COC2CCCCC2)s1. The van der Waals surface area contributed by atoms with E-state index in [1.165, 1.54) is 43.4 Å². The summed E-state index contributed by atoms with van der Waals surface area (Å²) in [6, 6.07) is 0. The number of anilines is 1. The highest BCUT2D eigenvalue weighted by Gasteiger charge is 2.14. The van der Waals surface area contributed by atoms with Crippen molar-refractivity contribution in [2.75, 3.05) is 5.73 Å². The van der Waals surface area contributed by atoms with E-state index >= 15 is 0 Å². The summed E-state index contributed by atoms with van der Waals surface area (Å²) in [7, 11) is 0. The topological polar surface area (TPSA) is 61.0 Å². The van der Waals surface area contributed by atoms with Gasteiger partial charge in [0.25, 0.3) is 0 Å². The number of aromatic nitrogens is 2. The van der Waals surface area contributed by atoms with Gasteiger partial charge in [-0.1, -0.05) is 30.6 Å². The van der Waals surface area contributed by atoms with Crippen LogP contribution in [-0.2, 0) is 11.3 Å². The van der Waals surface area contributed by atoms with Crippen molar-refractivity contribution < 1.29 is 4.74 Å². The van der Waals surface area contributed by atoms with Gasteiger partial charge < -0.3 is 10.5 Å². The Morgan fingerprint density at radius 3 is 2.71 bits per heavy atom. The van der Waals surface area contributed by atoms with E-state index in [0.29, 0.717) is 17.8 Å². The molecule has 1 aromatic rings. The monoisotopic (exact) mass is 213 g/mol. The van der Waals surface area contributed by atoms with Gasteiger partial charge in [-0.2, -0.15) is 0 Å². The number of nitrogen functional groups attached to an aromatic ring is 1. The second kappa shape index (κ2) is 4.70. The predicted molar refractivity (Wildman–Crippen MR) is 56.0 cm³/mol. The molecule has 5 heteroatoms. The smallest absolute Gasteiger partial charge is 0.203 e. The van der Waals surface area contributed by atoms with Gasteiger partial charge in [0.05, 0.1) is 6.10 Å². The molecule has 1 saturated carbocycles. The fourth-order valence-corrected chi connectivity index (χ4v) is 2.28. The number of rotatable bonds is 3. The molecule has 0 radical (unpaired) electrons. The average molecular weight is 213 g/mol. The molecule has 0 amide bonds. The van der Waals surface area contributed by atoms with Crippen molar-refractivity contribution in [2.45, 2.75) is 44.8 Å². The van der Waals surface area contributed by atoms with E-state index in [-0.39, 0.29) is 0 Å². The molecule has 2 N–H and O–H groups in total. The maximum absolute atomic E-state index is 5.73. The van der Waals surface area contributed by atoms with Crippen LogP contribution in [0.25, 0.3) is 0 Å². The van der Waals surface area contributed by atoms with E-state index in [1.54, 1.807) is 0 Å². The maximum Gasteiger partial charge on any atom is 0.203 e. The largest absolute Gasteiger partial charge is 0.374 e. The van der Waals surface area contributed by atoms with Crippen molar-refractivity contribution in [3.8, 4) is 0 Å². The molecule has 0 bridgehead atoms. The lowest BCUT2D eigenvalue weighted by Crippen LogP contribution is -2.16. The number of ether oxygens (including phenoxy) is 1. The highest BCUT2D eigenvalue weighted by Crippen LogP contribution is 2.22. The lowest BCUT2D eigenvalue weighted by atomic mass is 9.98. The van der Waals surface area contributed by atoms with E-state index in [9.17, 15) is 0 Å². The Labute approximate surface area is 87.5 Å². The molecule has 0 saturated heterocycles. The molecule has 1 heterocycles. The van der Waals surface area contributed by atoms with E-state index in [1.807, 2.05) is 0 Å². The summed E-state index contributed by atoms with van der Waals surface area (Å²) in [5, 5.41) is 9.07. The standard InChI is InChI=1S/C9H15N3OS/c10-9-12-11-8(14-9)6-13-7-4-2-1-3-5-7/h7H,1-6H2,(H2,10,12). The molecular weight excluding hydrogens is 198 g/mol.